The molecule has 1 aliphatic heterocycles. The number of H-pyrrole nitrogens is 1. The Morgan fingerprint density at radius 3 is 2.27 bits per heavy atom. The van der Waals surface area contributed by atoms with Crippen LogP contribution in [0, 0.1) is 0 Å². The minimum Gasteiger partial charge on any atom is -0.411 e. The lowest BCUT2D eigenvalue weighted by atomic mass is 10.0. The highest BCUT2D eigenvalue weighted by Gasteiger charge is 2.32. The number of rotatable bonds is 5. The van der Waals surface area contributed by atoms with E-state index in [0.717, 1.165) is 29.8 Å². The first kappa shape index (κ1) is 21.9. The second-order valence-corrected chi connectivity index (χ2v) is 8.35. The monoisotopic (exact) mass is 445 g/mol. The molecule has 0 atom stereocenters. The summed E-state index contributed by atoms with van der Waals surface area (Å²) in [5.74, 6) is 5.17. The quantitative estimate of drug-likeness (QED) is 0.539. The maximum atomic E-state index is 12.8. The Kier molecular flexibility index (Phi) is 6.19. The zero-order valence-electron chi connectivity index (χ0n) is 15.5. The van der Waals surface area contributed by atoms with Crippen molar-refractivity contribution in [1.82, 2.24) is 9.29 Å². The van der Waals surface area contributed by atoms with E-state index in [1.54, 1.807) is 6.07 Å². The van der Waals surface area contributed by atoms with Crippen molar-refractivity contribution in [2.45, 2.75) is 24.1 Å². The van der Waals surface area contributed by atoms with Gasteiger partial charge in [0.2, 0.25) is 15.6 Å². The van der Waals surface area contributed by atoms with Gasteiger partial charge in [0, 0.05) is 30.9 Å². The van der Waals surface area contributed by atoms with Crippen LogP contribution in [0.1, 0.15) is 18.4 Å². The summed E-state index contributed by atoms with van der Waals surface area (Å²) in [7, 11) is -3.90. The minimum atomic E-state index is -4.86. The van der Waals surface area contributed by atoms with E-state index < -0.39 is 22.1 Å². The highest BCUT2D eigenvalue weighted by molar-refractivity contribution is 7.89. The van der Waals surface area contributed by atoms with Gasteiger partial charge in [-0.3, -0.25) is 4.79 Å². The van der Waals surface area contributed by atoms with Crippen LogP contribution in [-0.4, -0.2) is 37.2 Å². The Labute approximate surface area is 169 Å². The van der Waals surface area contributed by atoms with Crippen LogP contribution in [0.3, 0.4) is 0 Å². The first-order valence-corrected chi connectivity index (χ1v) is 10.2. The highest BCUT2D eigenvalue weighted by Crippen LogP contribution is 2.30. The number of nitrogens with two attached hydrogens (primary N) is 1. The molecule has 1 saturated heterocycles. The normalized spacial score (nSPS) is 15.7. The molecular weight excluding hydrogens is 427 g/mol. The Morgan fingerprint density at radius 1 is 1.10 bits per heavy atom. The Hall–Kier alpha value is -2.83. The molecule has 2 aromatic rings. The Balaban J connectivity index is 1.75. The van der Waals surface area contributed by atoms with Crippen LogP contribution < -0.4 is 16.2 Å². The maximum absolute atomic E-state index is 12.8. The number of pyridine rings is 1. The fraction of sp³-hybridized carbons (Fsp3) is 0.278. The zero-order chi connectivity index (χ0) is 21.9. The number of nitrogens with zero attached hydrogens (tertiary/aromatic N) is 1. The Bertz CT molecular complexity index is 1090. The number of aromatic nitrogens is 1. The van der Waals surface area contributed by atoms with E-state index in [1.165, 1.54) is 16.6 Å². The van der Waals surface area contributed by atoms with Crippen molar-refractivity contribution in [1.29, 1.82) is 0 Å². The Morgan fingerprint density at radius 2 is 1.73 bits per heavy atom. The van der Waals surface area contributed by atoms with E-state index in [4.69, 9.17) is 10.7 Å². The van der Waals surface area contributed by atoms with E-state index in [0.29, 0.717) is 24.2 Å². The van der Waals surface area contributed by atoms with Gasteiger partial charge in [0.05, 0.1) is 4.90 Å². The summed E-state index contributed by atoms with van der Waals surface area (Å²) in [4.78, 5) is 18.8. The van der Waals surface area contributed by atoms with Crippen LogP contribution in [0.15, 0.2) is 57.9 Å². The van der Waals surface area contributed by atoms with Crippen LogP contribution in [0.4, 0.5) is 13.2 Å². The summed E-state index contributed by atoms with van der Waals surface area (Å²) in [6.45, 7) is 0.239. The van der Waals surface area contributed by atoms with Crippen molar-refractivity contribution in [2.24, 2.45) is 5.90 Å². The second kappa shape index (κ2) is 8.50. The SMILES string of the molecule is NOC(=C1CCN(S(=O)(=O)c2ccc(OC(F)(F)F)cc2)CC1)c1cc[nH]c(=O)c1. The van der Waals surface area contributed by atoms with Crippen molar-refractivity contribution in [3.8, 4) is 5.75 Å². The predicted molar refractivity (Wildman–Crippen MR) is 100 cm³/mol. The number of nitrogens with one attached hydrogen (secondary N) is 1. The van der Waals surface area contributed by atoms with Gasteiger partial charge < -0.3 is 14.6 Å². The number of benzene rings is 1. The number of aromatic amines is 1. The van der Waals surface area contributed by atoms with Crippen molar-refractivity contribution in [2.75, 3.05) is 13.1 Å². The zero-order valence-corrected chi connectivity index (χ0v) is 16.3. The lowest BCUT2D eigenvalue weighted by molar-refractivity contribution is -0.274. The molecule has 0 unspecified atom stereocenters. The number of hydrogen-bond acceptors (Lipinski definition) is 6. The molecule has 0 aliphatic carbocycles. The molecule has 8 nitrogen and oxygen atoms in total. The highest BCUT2D eigenvalue weighted by atomic mass is 32.2. The van der Waals surface area contributed by atoms with E-state index >= 15 is 0 Å². The van der Waals surface area contributed by atoms with Crippen LogP contribution in [0.5, 0.6) is 5.75 Å². The third-order valence-corrected chi connectivity index (χ3v) is 6.41. The van der Waals surface area contributed by atoms with Gasteiger partial charge in [-0.25, -0.2) is 8.42 Å². The number of alkyl halides is 3. The molecule has 1 fully saturated rings. The molecule has 1 aromatic heterocycles. The maximum Gasteiger partial charge on any atom is 0.573 e. The molecule has 2 heterocycles. The molecule has 1 aromatic carbocycles. The number of piperidine rings is 1. The molecule has 12 heteroatoms. The third kappa shape index (κ3) is 5.01. The topological polar surface area (TPSA) is 115 Å². The molecule has 1 aliphatic rings. The fourth-order valence-corrected chi connectivity index (χ4v) is 4.57. The molecule has 0 radical (unpaired) electrons. The van der Waals surface area contributed by atoms with Crippen molar-refractivity contribution in [3.05, 3.63) is 64.1 Å². The number of hydrogen-bond donors (Lipinski definition) is 2. The molecule has 0 bridgehead atoms. The molecule has 30 heavy (non-hydrogen) atoms. The third-order valence-electron chi connectivity index (χ3n) is 4.50. The van der Waals surface area contributed by atoms with Gasteiger partial charge in [-0.15, -0.1) is 13.2 Å². The first-order valence-electron chi connectivity index (χ1n) is 8.74. The van der Waals surface area contributed by atoms with E-state index in [1.807, 2.05) is 0 Å². The predicted octanol–water partition coefficient (Wildman–Crippen LogP) is 2.36. The molecular formula is C18H18F3N3O5S. The van der Waals surface area contributed by atoms with E-state index in [2.05, 4.69) is 9.72 Å². The molecule has 3 rings (SSSR count). The molecule has 0 spiro atoms. The van der Waals surface area contributed by atoms with Gasteiger partial charge in [0.1, 0.15) is 5.75 Å². The van der Waals surface area contributed by atoms with Crippen LogP contribution in [0.2, 0.25) is 0 Å². The fourth-order valence-electron chi connectivity index (χ4n) is 3.13. The van der Waals surface area contributed by atoms with Gasteiger partial charge in [0.15, 0.2) is 5.76 Å². The van der Waals surface area contributed by atoms with Crippen LogP contribution in [-0.2, 0) is 14.9 Å². The average molecular weight is 445 g/mol. The summed E-state index contributed by atoms with van der Waals surface area (Å²) in [5.41, 5.74) is 0.900. The molecule has 3 N–H and O–H groups in total. The molecule has 0 amide bonds. The van der Waals surface area contributed by atoms with Gasteiger partial charge in [-0.05, 0) is 48.7 Å². The van der Waals surface area contributed by atoms with Gasteiger partial charge in [0.25, 0.3) is 0 Å². The van der Waals surface area contributed by atoms with Crippen LogP contribution in [0.25, 0.3) is 5.76 Å². The van der Waals surface area contributed by atoms with Gasteiger partial charge in [-0.2, -0.15) is 10.2 Å². The molecule has 0 saturated carbocycles. The average Bonchev–Trinajstić information content (AvgIpc) is 2.68. The van der Waals surface area contributed by atoms with Gasteiger partial charge in [-0.1, -0.05) is 0 Å². The van der Waals surface area contributed by atoms with Crippen molar-refractivity contribution in [3.63, 3.8) is 0 Å². The molecule has 162 valence electrons. The number of halogens is 3. The summed E-state index contributed by atoms with van der Waals surface area (Å²) in [5, 5.41) is 0. The first-order chi connectivity index (χ1) is 14.1. The summed E-state index contributed by atoms with van der Waals surface area (Å²) >= 11 is 0. The largest absolute Gasteiger partial charge is 0.573 e. The number of ether oxygens (including phenoxy) is 1. The standard InChI is InChI=1S/C18H18F3N3O5S/c19-18(20,21)28-14-1-3-15(4-2-14)30(26,27)24-9-6-12(7-10-24)17(29-22)13-5-8-23-16(25)11-13/h1-5,8,11H,6-7,9-10,22H2,(H,23,25). The second-order valence-electron chi connectivity index (χ2n) is 6.42. The lowest BCUT2D eigenvalue weighted by Crippen LogP contribution is -2.36. The smallest absolute Gasteiger partial charge is 0.411 e. The van der Waals surface area contributed by atoms with Crippen molar-refractivity contribution < 1.29 is 31.2 Å². The van der Waals surface area contributed by atoms with Gasteiger partial charge >= 0.3 is 6.36 Å². The minimum absolute atomic E-state index is 0.120. The summed E-state index contributed by atoms with van der Waals surface area (Å²) in [6, 6.07) is 6.96. The van der Waals surface area contributed by atoms with Crippen molar-refractivity contribution >= 4 is 15.8 Å². The van der Waals surface area contributed by atoms with Crippen LogP contribution >= 0.6 is 0 Å². The number of sulfonamides is 1. The lowest BCUT2D eigenvalue weighted by Gasteiger charge is -2.28. The van der Waals surface area contributed by atoms with E-state index in [9.17, 15) is 26.4 Å². The van der Waals surface area contributed by atoms with E-state index in [-0.39, 0.29) is 23.5 Å². The summed E-state index contributed by atoms with van der Waals surface area (Å²) < 4.78 is 67.3. The summed E-state index contributed by atoms with van der Waals surface area (Å²) in [6.07, 6.45) is -2.78.